The highest BCUT2D eigenvalue weighted by atomic mass is 35.5. The number of aliphatic hydroxyl groups excluding tert-OH is 1. The van der Waals surface area contributed by atoms with E-state index in [2.05, 4.69) is 17.4 Å². The van der Waals surface area contributed by atoms with E-state index in [4.69, 9.17) is 35.6 Å². The molecule has 200 valence electrons. The fourth-order valence-electron chi connectivity index (χ4n) is 5.12. The summed E-state index contributed by atoms with van der Waals surface area (Å²) >= 11 is 6.66. The second kappa shape index (κ2) is 12.3. The molecule has 37 heavy (non-hydrogen) atoms. The lowest BCUT2D eigenvalue weighted by Gasteiger charge is -2.21. The molecule has 1 aliphatic carbocycles. The number of aromatic nitrogens is 3. The average molecular weight is 529 g/mol. The van der Waals surface area contributed by atoms with Crippen molar-refractivity contribution in [1.82, 2.24) is 20.4 Å². The van der Waals surface area contributed by atoms with Gasteiger partial charge in [0, 0.05) is 24.4 Å². The highest BCUT2D eigenvalue weighted by molar-refractivity contribution is 6.33. The van der Waals surface area contributed by atoms with Gasteiger partial charge in [0.05, 0.1) is 28.1 Å². The molecule has 3 atom stereocenters. The van der Waals surface area contributed by atoms with E-state index in [1.807, 2.05) is 26.8 Å². The van der Waals surface area contributed by atoms with Crippen LogP contribution in [-0.2, 0) is 11.2 Å². The van der Waals surface area contributed by atoms with E-state index in [1.54, 1.807) is 19.2 Å². The predicted octanol–water partition coefficient (Wildman–Crippen LogP) is 5.08. The predicted molar refractivity (Wildman–Crippen MR) is 144 cm³/mol. The van der Waals surface area contributed by atoms with Gasteiger partial charge in [-0.3, -0.25) is 0 Å². The molecule has 1 fully saturated rings. The molecule has 9 heteroatoms. The van der Waals surface area contributed by atoms with Crippen molar-refractivity contribution in [2.24, 2.45) is 5.92 Å². The Hall–Kier alpha value is -2.52. The summed E-state index contributed by atoms with van der Waals surface area (Å²) in [6, 6.07) is 5.39. The quantitative estimate of drug-likeness (QED) is 0.355. The summed E-state index contributed by atoms with van der Waals surface area (Å²) < 4.78 is 17.4. The first-order valence-electron chi connectivity index (χ1n) is 13.0. The lowest BCUT2D eigenvalue weighted by atomic mass is 9.94. The summed E-state index contributed by atoms with van der Waals surface area (Å²) in [5, 5.41) is 17.7. The number of aliphatic hydroxyl groups is 1. The summed E-state index contributed by atoms with van der Waals surface area (Å²) in [7, 11) is 1.79. The molecular formula is C28H37ClN4O4. The van der Waals surface area contributed by atoms with Crippen LogP contribution in [0.15, 0.2) is 22.7 Å². The first-order chi connectivity index (χ1) is 17.8. The largest absolute Gasteiger partial charge is 0.491 e. The van der Waals surface area contributed by atoms with Crippen LogP contribution in [0.1, 0.15) is 48.9 Å². The molecule has 2 aromatic heterocycles. The lowest BCUT2D eigenvalue weighted by molar-refractivity contribution is 0.0360. The van der Waals surface area contributed by atoms with E-state index in [0.29, 0.717) is 47.0 Å². The molecule has 8 nitrogen and oxygen atoms in total. The second-order valence-corrected chi connectivity index (χ2v) is 10.1. The number of halogens is 1. The maximum Gasteiger partial charge on any atom is 0.161 e. The maximum absolute atomic E-state index is 10.0. The van der Waals surface area contributed by atoms with Crippen LogP contribution in [0.5, 0.6) is 5.75 Å². The van der Waals surface area contributed by atoms with Crippen molar-refractivity contribution in [3.63, 3.8) is 0 Å². The molecule has 1 aliphatic rings. The first kappa shape index (κ1) is 27.5. The normalized spacial score (nSPS) is 18.4. The van der Waals surface area contributed by atoms with Crippen LogP contribution in [0.2, 0.25) is 5.02 Å². The Kier molecular flexibility index (Phi) is 9.18. The fraction of sp³-hybridized carbons (Fsp3) is 0.536. The van der Waals surface area contributed by atoms with Gasteiger partial charge in [0.2, 0.25) is 0 Å². The zero-order chi connectivity index (χ0) is 26.5. The van der Waals surface area contributed by atoms with Gasteiger partial charge in [0.25, 0.3) is 0 Å². The summed E-state index contributed by atoms with van der Waals surface area (Å²) in [5.41, 5.74) is 5.13. The Morgan fingerprint density at radius 2 is 2.03 bits per heavy atom. The third-order valence-corrected chi connectivity index (χ3v) is 7.33. The summed E-state index contributed by atoms with van der Waals surface area (Å²) in [6.45, 7) is 9.25. The zero-order valence-corrected chi connectivity index (χ0v) is 23.1. The van der Waals surface area contributed by atoms with Gasteiger partial charge in [-0.2, -0.15) is 0 Å². The van der Waals surface area contributed by atoms with Crippen LogP contribution in [0.25, 0.3) is 22.6 Å². The molecule has 2 heterocycles. The van der Waals surface area contributed by atoms with Crippen LogP contribution >= 0.6 is 11.6 Å². The Morgan fingerprint density at radius 1 is 1.22 bits per heavy atom. The number of aryl methyl sites for hydroxylation is 2. The van der Waals surface area contributed by atoms with E-state index in [-0.39, 0.29) is 12.7 Å². The molecule has 0 spiro atoms. The van der Waals surface area contributed by atoms with Gasteiger partial charge in [-0.05, 0) is 83.7 Å². The molecule has 0 aliphatic heterocycles. The molecule has 2 N–H and O–H groups in total. The molecule has 0 radical (unpaired) electrons. The van der Waals surface area contributed by atoms with Crippen LogP contribution in [0.4, 0.5) is 0 Å². The van der Waals surface area contributed by atoms with E-state index in [9.17, 15) is 5.11 Å². The number of hydrogen-bond donors (Lipinski definition) is 2. The number of nitrogens with one attached hydrogen (secondary N) is 1. The number of benzene rings is 1. The number of ether oxygens (including phenoxy) is 2. The van der Waals surface area contributed by atoms with Crippen molar-refractivity contribution in [2.45, 2.75) is 65.6 Å². The third-order valence-electron chi connectivity index (χ3n) is 7.00. The minimum atomic E-state index is -0.623. The molecule has 0 amide bonds. The highest BCUT2D eigenvalue weighted by Gasteiger charge is 2.30. The number of likely N-dealkylation sites (N-methyl/N-ethyl adjacent to an activating group) is 1. The zero-order valence-electron chi connectivity index (χ0n) is 22.3. The van der Waals surface area contributed by atoms with Crippen molar-refractivity contribution >= 4 is 11.6 Å². The van der Waals surface area contributed by atoms with Gasteiger partial charge in [-0.25, -0.2) is 9.97 Å². The maximum atomic E-state index is 10.0. The standard InChI is InChI=1S/C28H37ClN4O4/c1-6-35-25-9-7-8-19(25)12-24-16(2)27(26-17(3)33-37-18(26)4)32-28(31-24)22-13-21(10-11-23(22)29)36-15-20(34)14-30-5/h10-11,13,19-20,25,30,34H,6-9,12,14-15H2,1-5H3/t19?,20-,25+/m1/s1. The average Bonchev–Trinajstić information content (AvgIpc) is 3.45. The summed E-state index contributed by atoms with van der Waals surface area (Å²) in [6.07, 6.45) is 3.77. The van der Waals surface area contributed by atoms with Crippen molar-refractivity contribution in [3.8, 4) is 28.4 Å². The van der Waals surface area contributed by atoms with Gasteiger partial charge in [-0.15, -0.1) is 0 Å². The fourth-order valence-corrected chi connectivity index (χ4v) is 5.32. The van der Waals surface area contributed by atoms with Crippen molar-refractivity contribution in [1.29, 1.82) is 0 Å². The van der Waals surface area contributed by atoms with Gasteiger partial charge in [0.1, 0.15) is 24.2 Å². The van der Waals surface area contributed by atoms with Gasteiger partial charge in [-0.1, -0.05) is 23.2 Å². The molecule has 1 aromatic carbocycles. The molecular weight excluding hydrogens is 492 g/mol. The molecule has 1 unspecified atom stereocenters. The van der Waals surface area contributed by atoms with Gasteiger partial charge in [0.15, 0.2) is 5.82 Å². The van der Waals surface area contributed by atoms with Crippen LogP contribution in [0.3, 0.4) is 0 Å². The van der Waals surface area contributed by atoms with E-state index < -0.39 is 6.10 Å². The van der Waals surface area contributed by atoms with Crippen molar-refractivity contribution < 1.29 is 19.1 Å². The SMILES string of the molecule is CCO[C@H]1CCCC1Cc1nc(-c2cc(OC[C@H](O)CNC)ccc2Cl)nc(-c2c(C)noc2C)c1C. The Morgan fingerprint density at radius 3 is 2.73 bits per heavy atom. The topological polar surface area (TPSA) is 103 Å². The molecule has 0 saturated heterocycles. The monoisotopic (exact) mass is 528 g/mol. The second-order valence-electron chi connectivity index (χ2n) is 9.72. The molecule has 4 rings (SSSR count). The number of rotatable bonds is 11. The minimum Gasteiger partial charge on any atom is -0.491 e. The number of hydrogen-bond acceptors (Lipinski definition) is 8. The Labute approximate surface area is 223 Å². The van der Waals surface area contributed by atoms with E-state index in [1.165, 1.54) is 0 Å². The summed E-state index contributed by atoms with van der Waals surface area (Å²) in [5.74, 6) is 2.22. The molecule has 1 saturated carbocycles. The van der Waals surface area contributed by atoms with Crippen LogP contribution in [0, 0.1) is 26.7 Å². The first-order valence-corrected chi connectivity index (χ1v) is 13.4. The molecule has 0 bridgehead atoms. The van der Waals surface area contributed by atoms with Gasteiger partial charge < -0.3 is 24.4 Å². The van der Waals surface area contributed by atoms with E-state index >= 15 is 0 Å². The van der Waals surface area contributed by atoms with Crippen molar-refractivity contribution in [2.75, 3.05) is 26.8 Å². The Bertz CT molecular complexity index is 1200. The third kappa shape index (κ3) is 6.32. The molecule has 3 aromatic rings. The van der Waals surface area contributed by atoms with Crippen molar-refractivity contribution in [3.05, 3.63) is 45.9 Å². The minimum absolute atomic E-state index is 0.159. The smallest absolute Gasteiger partial charge is 0.161 e. The summed E-state index contributed by atoms with van der Waals surface area (Å²) in [4.78, 5) is 10.0. The Balaban J connectivity index is 1.76. The number of nitrogens with zero attached hydrogens (tertiary/aromatic N) is 3. The van der Waals surface area contributed by atoms with Crippen LogP contribution in [-0.4, -0.2) is 59.2 Å². The van der Waals surface area contributed by atoms with Crippen LogP contribution < -0.4 is 10.1 Å². The van der Waals surface area contributed by atoms with E-state index in [0.717, 1.165) is 53.9 Å². The lowest BCUT2D eigenvalue weighted by Crippen LogP contribution is -2.29. The highest BCUT2D eigenvalue weighted by Crippen LogP contribution is 2.37. The van der Waals surface area contributed by atoms with Gasteiger partial charge >= 0.3 is 0 Å².